The highest BCUT2D eigenvalue weighted by atomic mass is 16.4. The molecule has 1 aliphatic rings. The first-order valence-corrected chi connectivity index (χ1v) is 6.82. The van der Waals surface area contributed by atoms with Gasteiger partial charge in [-0.05, 0) is 24.3 Å². The van der Waals surface area contributed by atoms with E-state index in [0.29, 0.717) is 11.4 Å². The second kappa shape index (κ2) is 5.95. The van der Waals surface area contributed by atoms with Crippen molar-refractivity contribution in [1.29, 1.82) is 0 Å². The third-order valence-corrected chi connectivity index (χ3v) is 3.45. The minimum atomic E-state index is -0.952. The molecule has 0 radical (unpaired) electrons. The average Bonchev–Trinajstić information content (AvgIpc) is 2.82. The van der Waals surface area contributed by atoms with Crippen LogP contribution in [0.4, 0.5) is 11.4 Å². The predicted octanol–water partition coefficient (Wildman–Crippen LogP) is 1.72. The van der Waals surface area contributed by atoms with Crippen LogP contribution in [0.5, 0.6) is 0 Å². The molecule has 0 bridgehead atoms. The number of hydrogen-bond donors (Lipinski definition) is 2. The van der Waals surface area contributed by atoms with Crippen LogP contribution in [0.15, 0.2) is 24.3 Å². The fraction of sp³-hybridized carbons (Fsp3) is 0.400. The van der Waals surface area contributed by atoms with Crippen molar-refractivity contribution in [3.8, 4) is 0 Å². The number of anilines is 2. The Balaban J connectivity index is 2.07. The van der Waals surface area contributed by atoms with Crippen molar-refractivity contribution in [3.05, 3.63) is 24.3 Å². The Hall–Kier alpha value is -2.37. The highest BCUT2D eigenvalue weighted by Gasteiger charge is 2.34. The van der Waals surface area contributed by atoms with E-state index in [-0.39, 0.29) is 30.7 Å². The minimum Gasteiger partial charge on any atom is -0.481 e. The molecule has 2 N–H and O–H groups in total. The van der Waals surface area contributed by atoms with Gasteiger partial charge in [0.25, 0.3) is 0 Å². The summed E-state index contributed by atoms with van der Waals surface area (Å²) in [5.74, 6) is -1.99. The minimum absolute atomic E-state index is 0.0289. The molecule has 2 rings (SSSR count). The maximum Gasteiger partial charge on any atom is 0.308 e. The molecule has 6 heteroatoms. The number of carbonyl (C=O) groups is 3. The lowest BCUT2D eigenvalue weighted by molar-refractivity contribution is -0.141. The van der Waals surface area contributed by atoms with Gasteiger partial charge in [0.05, 0.1) is 5.92 Å². The fourth-order valence-electron chi connectivity index (χ4n) is 2.13. The molecule has 1 aromatic carbocycles. The molecule has 1 heterocycles. The van der Waals surface area contributed by atoms with Gasteiger partial charge in [-0.25, -0.2) is 0 Å². The fourth-order valence-corrected chi connectivity index (χ4v) is 2.13. The second-order valence-electron chi connectivity index (χ2n) is 5.43. The lowest BCUT2D eigenvalue weighted by Gasteiger charge is -2.17. The number of benzene rings is 1. The molecule has 1 atom stereocenters. The van der Waals surface area contributed by atoms with Gasteiger partial charge >= 0.3 is 5.97 Å². The van der Waals surface area contributed by atoms with E-state index in [9.17, 15) is 14.4 Å². The summed E-state index contributed by atoms with van der Waals surface area (Å²) in [4.78, 5) is 35.8. The van der Waals surface area contributed by atoms with E-state index in [1.165, 1.54) is 4.90 Å². The van der Waals surface area contributed by atoms with Gasteiger partial charge in [0.1, 0.15) is 0 Å². The second-order valence-corrected chi connectivity index (χ2v) is 5.43. The monoisotopic (exact) mass is 290 g/mol. The van der Waals surface area contributed by atoms with Gasteiger partial charge < -0.3 is 15.3 Å². The van der Waals surface area contributed by atoms with Gasteiger partial charge in [-0.15, -0.1) is 0 Å². The normalized spacial score (nSPS) is 18.1. The zero-order valence-corrected chi connectivity index (χ0v) is 12.0. The number of nitrogens with one attached hydrogen (secondary N) is 1. The van der Waals surface area contributed by atoms with Crippen molar-refractivity contribution in [2.24, 2.45) is 11.8 Å². The van der Waals surface area contributed by atoms with E-state index in [2.05, 4.69) is 5.32 Å². The van der Waals surface area contributed by atoms with E-state index in [1.54, 1.807) is 38.1 Å². The molecular weight excluding hydrogens is 272 g/mol. The van der Waals surface area contributed by atoms with E-state index < -0.39 is 11.9 Å². The SMILES string of the molecule is CC(C)C(=O)Nc1ccc(N2C[C@@H](C(=O)O)CC2=O)cc1. The van der Waals surface area contributed by atoms with Crippen LogP contribution in [0.3, 0.4) is 0 Å². The third kappa shape index (κ3) is 3.39. The van der Waals surface area contributed by atoms with Crippen LogP contribution in [0, 0.1) is 11.8 Å². The lowest BCUT2D eigenvalue weighted by atomic mass is 10.1. The van der Waals surface area contributed by atoms with E-state index in [0.717, 1.165) is 0 Å². The molecule has 0 unspecified atom stereocenters. The number of rotatable bonds is 4. The van der Waals surface area contributed by atoms with Crippen LogP contribution in [0.2, 0.25) is 0 Å². The Morgan fingerprint density at radius 2 is 1.90 bits per heavy atom. The molecule has 1 aromatic rings. The van der Waals surface area contributed by atoms with Crippen LogP contribution >= 0.6 is 0 Å². The predicted molar refractivity (Wildman–Crippen MR) is 78.0 cm³/mol. The van der Waals surface area contributed by atoms with Crippen LogP contribution < -0.4 is 10.2 Å². The molecule has 1 aliphatic heterocycles. The maximum absolute atomic E-state index is 11.8. The smallest absolute Gasteiger partial charge is 0.308 e. The Morgan fingerprint density at radius 3 is 2.38 bits per heavy atom. The number of carbonyl (C=O) groups excluding carboxylic acids is 2. The van der Waals surface area contributed by atoms with Crippen molar-refractivity contribution < 1.29 is 19.5 Å². The molecule has 1 saturated heterocycles. The van der Waals surface area contributed by atoms with Crippen LogP contribution in [0.25, 0.3) is 0 Å². The maximum atomic E-state index is 11.8. The van der Waals surface area contributed by atoms with E-state index in [4.69, 9.17) is 5.11 Å². The van der Waals surface area contributed by atoms with Gasteiger partial charge in [-0.2, -0.15) is 0 Å². The van der Waals surface area contributed by atoms with Gasteiger partial charge in [0.2, 0.25) is 11.8 Å². The summed E-state index contributed by atoms with van der Waals surface area (Å²) in [7, 11) is 0. The van der Waals surface area contributed by atoms with E-state index in [1.807, 2.05) is 0 Å². The summed E-state index contributed by atoms with van der Waals surface area (Å²) in [6.07, 6.45) is 0.0289. The molecule has 0 aliphatic carbocycles. The van der Waals surface area contributed by atoms with Crippen molar-refractivity contribution in [2.45, 2.75) is 20.3 Å². The van der Waals surface area contributed by atoms with Crippen molar-refractivity contribution in [1.82, 2.24) is 0 Å². The number of nitrogens with zero attached hydrogens (tertiary/aromatic N) is 1. The van der Waals surface area contributed by atoms with Crippen molar-refractivity contribution in [2.75, 3.05) is 16.8 Å². The van der Waals surface area contributed by atoms with E-state index >= 15 is 0 Å². The molecule has 1 fully saturated rings. The molecule has 21 heavy (non-hydrogen) atoms. The Kier molecular flexibility index (Phi) is 4.26. The molecule has 2 amide bonds. The Labute approximate surface area is 122 Å². The summed E-state index contributed by atoms with van der Waals surface area (Å²) in [6.45, 7) is 3.79. The molecular formula is C15H18N2O4. The quantitative estimate of drug-likeness (QED) is 0.884. The summed E-state index contributed by atoms with van der Waals surface area (Å²) in [5.41, 5.74) is 1.30. The van der Waals surface area contributed by atoms with Gasteiger partial charge in [-0.1, -0.05) is 13.8 Å². The topological polar surface area (TPSA) is 86.7 Å². The number of hydrogen-bond acceptors (Lipinski definition) is 3. The molecule has 0 spiro atoms. The van der Waals surface area contributed by atoms with Crippen LogP contribution in [0.1, 0.15) is 20.3 Å². The number of aliphatic carboxylic acids is 1. The zero-order chi connectivity index (χ0) is 15.6. The highest BCUT2D eigenvalue weighted by molar-refractivity contribution is 5.99. The molecule has 0 saturated carbocycles. The van der Waals surface area contributed by atoms with Crippen LogP contribution in [-0.4, -0.2) is 29.4 Å². The first-order valence-electron chi connectivity index (χ1n) is 6.82. The summed E-state index contributed by atoms with van der Waals surface area (Å²) < 4.78 is 0. The highest BCUT2D eigenvalue weighted by Crippen LogP contribution is 2.26. The number of amides is 2. The van der Waals surface area contributed by atoms with Crippen LogP contribution in [-0.2, 0) is 14.4 Å². The largest absolute Gasteiger partial charge is 0.481 e. The summed E-state index contributed by atoms with van der Waals surface area (Å²) in [6, 6.07) is 6.82. The van der Waals surface area contributed by atoms with Gasteiger partial charge in [-0.3, -0.25) is 14.4 Å². The van der Waals surface area contributed by atoms with Crippen molar-refractivity contribution >= 4 is 29.2 Å². The first-order chi connectivity index (χ1) is 9.88. The van der Waals surface area contributed by atoms with Crippen molar-refractivity contribution in [3.63, 3.8) is 0 Å². The first kappa shape index (κ1) is 15.0. The summed E-state index contributed by atoms with van der Waals surface area (Å²) >= 11 is 0. The number of carboxylic acid groups (broad SMARTS) is 1. The zero-order valence-electron chi connectivity index (χ0n) is 12.0. The lowest BCUT2D eigenvalue weighted by Crippen LogP contribution is -2.25. The third-order valence-electron chi connectivity index (χ3n) is 3.45. The molecule has 112 valence electrons. The average molecular weight is 290 g/mol. The number of carboxylic acids is 1. The standard InChI is InChI=1S/C15H18N2O4/c1-9(2)14(19)16-11-3-5-12(6-4-11)17-8-10(15(20)21)7-13(17)18/h3-6,9-10H,7-8H2,1-2H3,(H,16,19)(H,20,21)/t10-/m0/s1. The van der Waals surface area contributed by atoms with Gasteiger partial charge in [0.15, 0.2) is 0 Å². The molecule has 6 nitrogen and oxygen atoms in total. The summed E-state index contributed by atoms with van der Waals surface area (Å²) in [5, 5.41) is 11.7. The molecule has 0 aromatic heterocycles. The van der Waals surface area contributed by atoms with Gasteiger partial charge in [0, 0.05) is 30.3 Å². The Morgan fingerprint density at radius 1 is 1.29 bits per heavy atom. The Bertz CT molecular complexity index is 566.